The van der Waals surface area contributed by atoms with Crippen molar-refractivity contribution < 1.29 is 38.2 Å². The third kappa shape index (κ3) is 11.6. The van der Waals surface area contributed by atoms with Gasteiger partial charge in [0.2, 0.25) is 17.7 Å². The molecule has 0 radical (unpaired) electrons. The van der Waals surface area contributed by atoms with Gasteiger partial charge < -0.3 is 38.8 Å². The number of rotatable bonds is 18. The van der Waals surface area contributed by atoms with Crippen molar-refractivity contribution in [3.05, 3.63) is 60.4 Å². The minimum absolute atomic E-state index is 0.213. The summed E-state index contributed by atoms with van der Waals surface area (Å²) < 4.78 is 19.9. The average Bonchev–Trinajstić information content (AvgIpc) is 3.91. The number of hydrogen-bond donors (Lipinski definition) is 2. The van der Waals surface area contributed by atoms with Crippen molar-refractivity contribution in [1.82, 2.24) is 35.1 Å². The van der Waals surface area contributed by atoms with E-state index >= 15 is 0 Å². The molecule has 3 saturated heterocycles. The lowest BCUT2D eigenvalue weighted by atomic mass is 9.84. The van der Waals surface area contributed by atoms with Crippen LogP contribution in [0.1, 0.15) is 78.5 Å². The van der Waals surface area contributed by atoms with Crippen molar-refractivity contribution >= 4 is 46.2 Å². The van der Waals surface area contributed by atoms with Crippen LogP contribution in [0, 0.1) is 17.3 Å². The molecular weight excluding hydrogens is 829 g/mol. The smallest absolute Gasteiger partial charge is 0.302 e. The van der Waals surface area contributed by atoms with Crippen molar-refractivity contribution in [2.45, 2.75) is 105 Å². The Hall–Kier alpha value is -5.32. The van der Waals surface area contributed by atoms with Crippen LogP contribution in [0.4, 0.5) is 5.69 Å². The lowest BCUT2D eigenvalue weighted by Crippen LogP contribution is -2.60. The van der Waals surface area contributed by atoms with E-state index in [1.807, 2.05) is 19.9 Å². The fourth-order valence-electron chi connectivity index (χ4n) is 9.70. The summed E-state index contributed by atoms with van der Waals surface area (Å²) in [6, 6.07) is 8.78. The molecule has 1 aromatic carbocycles. The van der Waals surface area contributed by atoms with Gasteiger partial charge in [0.25, 0.3) is 5.91 Å². The molecule has 3 aliphatic heterocycles. The maximum atomic E-state index is 14.4. The fourth-order valence-corrected chi connectivity index (χ4v) is 9.70. The topological polar surface area (TPSA) is 168 Å². The SMILES string of the molecule is C=CC(=O)N1CCC(C(=O)N(C)C(C(=O)NC(CC2CN(c3ccc4c(c3)c(CC(C)(C)COC(C)=O)c(-c3cccnc3COC)n4CC)CCO2)C(=O)N2CCCCN2)C(C)C)C1. The van der Waals surface area contributed by atoms with Gasteiger partial charge in [0.15, 0.2) is 0 Å². The van der Waals surface area contributed by atoms with Crippen molar-refractivity contribution in [3.8, 4) is 11.3 Å². The number of anilines is 1. The van der Waals surface area contributed by atoms with Gasteiger partial charge in [0.05, 0.1) is 43.2 Å². The number of likely N-dealkylation sites (tertiary alicyclic amines) is 1. The molecule has 4 unspecified atom stereocenters. The first kappa shape index (κ1) is 49.1. The van der Waals surface area contributed by atoms with Crippen LogP contribution in [0.5, 0.6) is 0 Å². The Labute approximate surface area is 383 Å². The number of ether oxygens (including phenoxy) is 3. The number of morpholine rings is 1. The predicted molar refractivity (Wildman–Crippen MR) is 249 cm³/mol. The number of fused-ring (bicyclic) bond motifs is 1. The highest BCUT2D eigenvalue weighted by molar-refractivity contribution is 5.95. The molecule has 5 heterocycles. The van der Waals surface area contributed by atoms with Crippen LogP contribution >= 0.6 is 0 Å². The van der Waals surface area contributed by atoms with Crippen LogP contribution in [0.3, 0.4) is 0 Å². The Morgan fingerprint density at radius 3 is 2.57 bits per heavy atom. The van der Waals surface area contributed by atoms with Gasteiger partial charge >= 0.3 is 5.97 Å². The normalized spacial score (nSPS) is 19.0. The second kappa shape index (κ2) is 21.8. The number of aryl methyl sites for hydroxylation is 1. The maximum Gasteiger partial charge on any atom is 0.302 e. The Bertz CT molecular complexity index is 2200. The Balaban J connectivity index is 1.28. The second-order valence-electron chi connectivity index (χ2n) is 18.8. The molecule has 4 atom stereocenters. The number of hydrogen-bond acceptors (Lipinski definition) is 11. The van der Waals surface area contributed by atoms with Gasteiger partial charge in [0.1, 0.15) is 12.1 Å². The quantitative estimate of drug-likeness (QED) is 0.134. The predicted octanol–water partition coefficient (Wildman–Crippen LogP) is 4.73. The minimum Gasteiger partial charge on any atom is -0.465 e. The number of carbonyl (C=O) groups is 5. The number of amides is 4. The van der Waals surface area contributed by atoms with Crippen LogP contribution in [0.2, 0.25) is 0 Å². The lowest BCUT2D eigenvalue weighted by molar-refractivity contribution is -0.146. The van der Waals surface area contributed by atoms with Gasteiger partial charge in [-0.2, -0.15) is 0 Å². The summed E-state index contributed by atoms with van der Waals surface area (Å²) in [7, 11) is 3.30. The first-order valence-electron chi connectivity index (χ1n) is 23.2. The number of likely N-dealkylation sites (N-methyl/N-ethyl adjacent to an activating group) is 1. The number of benzene rings is 1. The van der Waals surface area contributed by atoms with Crippen molar-refractivity contribution in [2.24, 2.45) is 17.3 Å². The number of methoxy groups -OCH3 is 1. The zero-order valence-electron chi connectivity index (χ0n) is 39.7. The molecule has 0 saturated carbocycles. The molecule has 3 fully saturated rings. The van der Waals surface area contributed by atoms with E-state index in [0.29, 0.717) is 65.3 Å². The van der Waals surface area contributed by atoms with Crippen LogP contribution in [0.25, 0.3) is 22.2 Å². The van der Waals surface area contributed by atoms with Crippen LogP contribution in [-0.4, -0.2) is 139 Å². The summed E-state index contributed by atoms with van der Waals surface area (Å²) in [6.07, 6.45) is 5.75. The second-order valence-corrected chi connectivity index (χ2v) is 18.8. The molecule has 3 aromatic rings. The zero-order chi connectivity index (χ0) is 47.0. The highest BCUT2D eigenvalue weighted by Crippen LogP contribution is 2.41. The Kier molecular flexibility index (Phi) is 16.5. The molecule has 65 heavy (non-hydrogen) atoms. The van der Waals surface area contributed by atoms with Gasteiger partial charge in [-0.05, 0) is 80.5 Å². The van der Waals surface area contributed by atoms with E-state index in [2.05, 4.69) is 71.8 Å². The van der Waals surface area contributed by atoms with E-state index in [1.165, 1.54) is 17.9 Å². The van der Waals surface area contributed by atoms with Crippen LogP contribution in [0.15, 0.2) is 49.2 Å². The third-order valence-electron chi connectivity index (χ3n) is 12.9. The molecule has 0 bridgehead atoms. The third-order valence-corrected chi connectivity index (χ3v) is 12.9. The van der Waals surface area contributed by atoms with Crippen molar-refractivity contribution in [2.75, 3.05) is 71.5 Å². The van der Waals surface area contributed by atoms with E-state index in [1.54, 1.807) is 30.3 Å². The molecule has 16 heteroatoms. The summed E-state index contributed by atoms with van der Waals surface area (Å²) in [4.78, 5) is 76.8. The number of aromatic nitrogens is 2. The first-order chi connectivity index (χ1) is 31.1. The average molecular weight is 899 g/mol. The van der Waals surface area contributed by atoms with Gasteiger partial charge in [-0.1, -0.05) is 34.3 Å². The number of hydrazine groups is 1. The molecule has 354 valence electrons. The summed E-state index contributed by atoms with van der Waals surface area (Å²) in [5.74, 6) is -2.11. The summed E-state index contributed by atoms with van der Waals surface area (Å²) in [6.45, 7) is 19.8. The number of nitrogens with one attached hydrogen (secondary N) is 2. The van der Waals surface area contributed by atoms with Crippen molar-refractivity contribution in [1.29, 1.82) is 0 Å². The number of pyridine rings is 1. The number of esters is 1. The van der Waals surface area contributed by atoms with E-state index in [9.17, 15) is 24.0 Å². The molecule has 4 amide bonds. The summed E-state index contributed by atoms with van der Waals surface area (Å²) >= 11 is 0. The largest absolute Gasteiger partial charge is 0.465 e. The summed E-state index contributed by atoms with van der Waals surface area (Å²) in [5.41, 5.74) is 8.89. The summed E-state index contributed by atoms with van der Waals surface area (Å²) in [5, 5.41) is 5.77. The highest BCUT2D eigenvalue weighted by Gasteiger charge is 2.40. The van der Waals surface area contributed by atoms with Gasteiger partial charge in [-0.25, -0.2) is 5.43 Å². The molecule has 0 spiro atoms. The number of carbonyl (C=O) groups excluding carboxylic acids is 5. The monoisotopic (exact) mass is 899 g/mol. The lowest BCUT2D eigenvalue weighted by Gasteiger charge is -2.38. The molecule has 2 N–H and O–H groups in total. The maximum absolute atomic E-state index is 14.4. The minimum atomic E-state index is -0.926. The fraction of sp³-hybridized carbons (Fsp3) is 0.592. The Morgan fingerprint density at radius 1 is 1.11 bits per heavy atom. The molecule has 0 aliphatic carbocycles. The molecule has 3 aliphatic rings. The van der Waals surface area contributed by atoms with Gasteiger partial charge in [0, 0.05) is 107 Å². The molecule has 2 aromatic heterocycles. The molecule has 6 rings (SSSR count). The van der Waals surface area contributed by atoms with E-state index < -0.39 is 35.4 Å². The van der Waals surface area contributed by atoms with Crippen LogP contribution in [-0.2, 0) is 57.8 Å². The van der Waals surface area contributed by atoms with E-state index in [4.69, 9.17) is 19.2 Å². The highest BCUT2D eigenvalue weighted by atomic mass is 16.5. The van der Waals surface area contributed by atoms with E-state index in [-0.39, 0.29) is 49.2 Å². The Morgan fingerprint density at radius 2 is 1.89 bits per heavy atom. The molecule has 16 nitrogen and oxygen atoms in total. The molecular formula is C49H70N8O8. The van der Waals surface area contributed by atoms with Gasteiger partial charge in [-0.15, -0.1) is 0 Å². The standard InChI is InChI=1S/C49H70N8O8/c1-10-43(59)55-22-18-34(28-55)47(61)53(8)44(32(3)4)46(60)52-40(48(62)57-21-13-12-20-51-57)26-36-29-54(23-24-64-36)35-16-17-42-38(25-35)39(27-49(6,7)31-65-33(5)58)45(56(42)11-2)37-15-14-19-50-41(37)30-63-9/h10,14-17,19,25,32,34,36,40,44,51H,1,11-13,18,20-24,26-31H2,2-9H3,(H,52,60). The van der Waals surface area contributed by atoms with E-state index in [0.717, 1.165) is 51.9 Å². The first-order valence-corrected chi connectivity index (χ1v) is 23.2. The van der Waals surface area contributed by atoms with Gasteiger partial charge in [-0.3, -0.25) is 34.0 Å². The van der Waals surface area contributed by atoms with Crippen molar-refractivity contribution in [3.63, 3.8) is 0 Å². The number of nitrogens with zero attached hydrogens (tertiary/aromatic N) is 6. The van der Waals surface area contributed by atoms with Crippen LogP contribution < -0.4 is 15.6 Å². The zero-order valence-corrected chi connectivity index (χ0v) is 39.7.